The quantitative estimate of drug-likeness (QED) is 0.387. The maximum Gasteiger partial charge on any atom is 0.191 e. The zero-order valence-corrected chi connectivity index (χ0v) is 19.1. The van der Waals surface area contributed by atoms with E-state index in [0.29, 0.717) is 5.92 Å². The van der Waals surface area contributed by atoms with E-state index in [-0.39, 0.29) is 24.0 Å². The molecule has 0 saturated carbocycles. The Labute approximate surface area is 174 Å². The Kier molecular flexibility index (Phi) is 9.12. The third-order valence-corrected chi connectivity index (χ3v) is 4.77. The summed E-state index contributed by atoms with van der Waals surface area (Å²) >= 11 is 0. The molecule has 1 aromatic carbocycles. The molecule has 0 bridgehead atoms. The summed E-state index contributed by atoms with van der Waals surface area (Å²) in [5.74, 6) is 1.28. The van der Waals surface area contributed by atoms with Crippen LogP contribution < -0.4 is 10.6 Å². The number of aromatic nitrogens is 2. The van der Waals surface area contributed by atoms with Gasteiger partial charge in [-0.2, -0.15) is 5.10 Å². The molecule has 0 amide bonds. The first-order valence-electron chi connectivity index (χ1n) is 8.92. The number of aryl methyl sites for hydroxylation is 3. The molecule has 0 aliphatic carbocycles. The number of guanidine groups is 1. The minimum Gasteiger partial charge on any atom is -0.356 e. The van der Waals surface area contributed by atoms with Crippen molar-refractivity contribution in [3.05, 3.63) is 52.3 Å². The van der Waals surface area contributed by atoms with Gasteiger partial charge in [-0.15, -0.1) is 24.0 Å². The molecular formula is C20H32IN5. The van der Waals surface area contributed by atoms with Crippen LogP contribution in [0.1, 0.15) is 40.9 Å². The lowest BCUT2D eigenvalue weighted by Crippen LogP contribution is -2.40. The molecule has 0 radical (unpaired) electrons. The van der Waals surface area contributed by atoms with Crippen LogP contribution >= 0.6 is 24.0 Å². The van der Waals surface area contributed by atoms with Gasteiger partial charge in [0.05, 0.1) is 5.69 Å². The molecule has 0 aliphatic heterocycles. The molecule has 6 heteroatoms. The lowest BCUT2D eigenvalue weighted by atomic mass is 10.0. The van der Waals surface area contributed by atoms with E-state index < -0.39 is 0 Å². The first kappa shape index (κ1) is 22.5. The van der Waals surface area contributed by atoms with E-state index in [0.717, 1.165) is 31.2 Å². The van der Waals surface area contributed by atoms with Crippen molar-refractivity contribution >= 4 is 29.9 Å². The van der Waals surface area contributed by atoms with Gasteiger partial charge in [0.15, 0.2) is 5.96 Å². The van der Waals surface area contributed by atoms with Crippen molar-refractivity contribution in [3.8, 4) is 0 Å². The highest BCUT2D eigenvalue weighted by molar-refractivity contribution is 14.0. The predicted molar refractivity (Wildman–Crippen MR) is 121 cm³/mol. The highest BCUT2D eigenvalue weighted by Crippen LogP contribution is 2.15. The lowest BCUT2D eigenvalue weighted by Gasteiger charge is -2.16. The summed E-state index contributed by atoms with van der Waals surface area (Å²) in [5, 5.41) is 11.3. The van der Waals surface area contributed by atoms with E-state index in [1.165, 1.54) is 22.4 Å². The first-order valence-corrected chi connectivity index (χ1v) is 8.92. The molecule has 26 heavy (non-hydrogen) atoms. The van der Waals surface area contributed by atoms with E-state index in [2.05, 4.69) is 72.7 Å². The van der Waals surface area contributed by atoms with Crippen molar-refractivity contribution < 1.29 is 0 Å². The van der Waals surface area contributed by atoms with Crippen LogP contribution in [0.5, 0.6) is 0 Å². The van der Waals surface area contributed by atoms with Gasteiger partial charge in [-0.1, -0.05) is 36.8 Å². The van der Waals surface area contributed by atoms with Crippen LogP contribution in [-0.2, 0) is 13.5 Å². The van der Waals surface area contributed by atoms with E-state index in [4.69, 9.17) is 0 Å². The van der Waals surface area contributed by atoms with Gasteiger partial charge < -0.3 is 10.6 Å². The minimum atomic E-state index is 0. The summed E-state index contributed by atoms with van der Waals surface area (Å²) < 4.78 is 1.95. The summed E-state index contributed by atoms with van der Waals surface area (Å²) in [5.41, 5.74) is 6.30. The first-order chi connectivity index (χ1) is 11.9. The van der Waals surface area contributed by atoms with E-state index in [1.807, 2.05) is 18.8 Å². The molecule has 1 unspecified atom stereocenters. The molecule has 0 aliphatic rings. The van der Waals surface area contributed by atoms with Crippen LogP contribution in [0.4, 0.5) is 0 Å². The van der Waals surface area contributed by atoms with Crippen LogP contribution in [0.15, 0.2) is 29.3 Å². The Bertz CT molecular complexity index is 719. The van der Waals surface area contributed by atoms with Gasteiger partial charge in [-0.05, 0) is 44.2 Å². The van der Waals surface area contributed by atoms with Gasteiger partial charge in [0.1, 0.15) is 0 Å². The summed E-state index contributed by atoms with van der Waals surface area (Å²) in [6.45, 7) is 10.2. The second-order valence-electron chi connectivity index (χ2n) is 6.71. The predicted octanol–water partition coefficient (Wildman–Crippen LogP) is 3.47. The zero-order chi connectivity index (χ0) is 18.4. The van der Waals surface area contributed by atoms with Gasteiger partial charge in [0.25, 0.3) is 0 Å². The monoisotopic (exact) mass is 469 g/mol. The molecule has 0 saturated heterocycles. The maximum atomic E-state index is 4.47. The Balaban J connectivity index is 0.00000338. The Morgan fingerprint density at radius 3 is 2.35 bits per heavy atom. The minimum absolute atomic E-state index is 0. The summed E-state index contributed by atoms with van der Waals surface area (Å²) in [4.78, 5) is 4.32. The van der Waals surface area contributed by atoms with Gasteiger partial charge in [0, 0.05) is 32.9 Å². The molecule has 2 rings (SSSR count). The highest BCUT2D eigenvalue weighted by Gasteiger charge is 2.10. The molecular weight excluding hydrogens is 437 g/mol. The van der Waals surface area contributed by atoms with Crippen LogP contribution in [0.2, 0.25) is 0 Å². The largest absolute Gasteiger partial charge is 0.356 e. The Morgan fingerprint density at radius 1 is 1.15 bits per heavy atom. The van der Waals surface area contributed by atoms with Crippen molar-refractivity contribution in [1.82, 2.24) is 20.4 Å². The van der Waals surface area contributed by atoms with E-state index >= 15 is 0 Å². The van der Waals surface area contributed by atoms with Crippen LogP contribution in [-0.4, -0.2) is 35.9 Å². The van der Waals surface area contributed by atoms with E-state index in [1.54, 1.807) is 0 Å². The topological polar surface area (TPSA) is 54.2 Å². The SMILES string of the molecule is CN=C(NCCc1c(C)nn(C)c1C)NCC(C)c1ccc(C)cc1.I. The molecule has 5 nitrogen and oxygen atoms in total. The molecule has 2 aromatic rings. The number of nitrogens with one attached hydrogen (secondary N) is 2. The van der Waals surface area contributed by atoms with Gasteiger partial charge in [-0.3, -0.25) is 9.67 Å². The molecule has 144 valence electrons. The van der Waals surface area contributed by atoms with Crippen molar-refractivity contribution in [1.29, 1.82) is 0 Å². The number of benzene rings is 1. The summed E-state index contributed by atoms with van der Waals surface area (Å²) in [6.07, 6.45) is 0.944. The summed E-state index contributed by atoms with van der Waals surface area (Å²) in [7, 11) is 3.80. The second-order valence-corrected chi connectivity index (χ2v) is 6.71. The van der Waals surface area contributed by atoms with Crippen LogP contribution in [0.25, 0.3) is 0 Å². The molecule has 0 spiro atoms. The second kappa shape index (κ2) is 10.5. The zero-order valence-electron chi connectivity index (χ0n) is 16.8. The third kappa shape index (κ3) is 6.00. The molecule has 1 aromatic heterocycles. The fourth-order valence-electron chi connectivity index (χ4n) is 2.97. The number of rotatable bonds is 6. The smallest absolute Gasteiger partial charge is 0.191 e. The standard InChI is InChI=1S/C20H31N5.HI/c1-14-7-9-18(10-8-14)15(2)13-23-20(21-5)22-12-11-19-16(3)24-25(6)17(19)4;/h7-10,15H,11-13H2,1-6H3,(H2,21,22,23);1H. The maximum absolute atomic E-state index is 4.47. The Morgan fingerprint density at radius 2 is 1.81 bits per heavy atom. The molecule has 1 heterocycles. The van der Waals surface area contributed by atoms with Crippen molar-refractivity contribution in [2.75, 3.05) is 20.1 Å². The number of hydrogen-bond acceptors (Lipinski definition) is 2. The van der Waals surface area contributed by atoms with Crippen LogP contribution in [0, 0.1) is 20.8 Å². The van der Waals surface area contributed by atoms with Crippen LogP contribution in [0.3, 0.4) is 0 Å². The average molecular weight is 469 g/mol. The number of halogens is 1. The fraction of sp³-hybridized carbons (Fsp3) is 0.500. The summed E-state index contributed by atoms with van der Waals surface area (Å²) in [6, 6.07) is 8.73. The lowest BCUT2D eigenvalue weighted by molar-refractivity contribution is 0.696. The molecule has 2 N–H and O–H groups in total. The van der Waals surface area contributed by atoms with Gasteiger partial charge >= 0.3 is 0 Å². The Hall–Kier alpha value is -1.57. The number of aliphatic imine (C=N–C) groups is 1. The number of hydrogen-bond donors (Lipinski definition) is 2. The normalized spacial score (nSPS) is 12.5. The molecule has 0 fully saturated rings. The fourth-order valence-corrected chi connectivity index (χ4v) is 2.97. The highest BCUT2D eigenvalue weighted by atomic mass is 127. The van der Waals surface area contributed by atoms with Crippen molar-refractivity contribution in [3.63, 3.8) is 0 Å². The van der Waals surface area contributed by atoms with Crippen molar-refractivity contribution in [2.24, 2.45) is 12.0 Å². The molecule has 1 atom stereocenters. The van der Waals surface area contributed by atoms with E-state index in [9.17, 15) is 0 Å². The number of nitrogens with zero attached hydrogens (tertiary/aromatic N) is 3. The average Bonchev–Trinajstić information content (AvgIpc) is 2.84. The van der Waals surface area contributed by atoms with Crippen molar-refractivity contribution in [2.45, 2.75) is 40.0 Å². The van der Waals surface area contributed by atoms with Gasteiger partial charge in [0.2, 0.25) is 0 Å². The van der Waals surface area contributed by atoms with Gasteiger partial charge in [-0.25, -0.2) is 0 Å². The third-order valence-electron chi connectivity index (χ3n) is 4.77.